The van der Waals surface area contributed by atoms with Gasteiger partial charge in [0.1, 0.15) is 12.3 Å². The van der Waals surface area contributed by atoms with Crippen molar-refractivity contribution < 1.29 is 17.9 Å². The van der Waals surface area contributed by atoms with E-state index in [2.05, 4.69) is 5.32 Å². The van der Waals surface area contributed by atoms with Gasteiger partial charge in [-0.2, -0.15) is 0 Å². The number of carbonyl (C=O) groups excluding carboxylic acids is 1. The van der Waals surface area contributed by atoms with Gasteiger partial charge in [-0.05, 0) is 49.4 Å². The van der Waals surface area contributed by atoms with Crippen LogP contribution in [0.1, 0.15) is 18.5 Å². The summed E-state index contributed by atoms with van der Waals surface area (Å²) in [6, 6.07) is 21.3. The zero-order valence-corrected chi connectivity index (χ0v) is 18.7. The molecule has 0 fully saturated rings. The average molecular weight is 459 g/mol. The number of amides is 1. The first kappa shape index (κ1) is 22.7. The van der Waals surface area contributed by atoms with Gasteiger partial charge in [-0.15, -0.1) is 0 Å². The summed E-state index contributed by atoms with van der Waals surface area (Å²) in [6.07, 6.45) is 0. The zero-order chi connectivity index (χ0) is 22.4. The van der Waals surface area contributed by atoms with Gasteiger partial charge < -0.3 is 10.1 Å². The first-order valence-electron chi connectivity index (χ1n) is 9.58. The number of benzene rings is 3. The molecule has 3 aromatic carbocycles. The highest BCUT2D eigenvalue weighted by Gasteiger charge is 2.27. The molecule has 162 valence electrons. The maximum Gasteiger partial charge on any atom is 0.264 e. The van der Waals surface area contributed by atoms with Crippen molar-refractivity contribution in [2.24, 2.45) is 0 Å². The lowest BCUT2D eigenvalue weighted by molar-refractivity contribution is -0.120. The molecule has 0 bridgehead atoms. The van der Waals surface area contributed by atoms with Crippen LogP contribution in [-0.4, -0.2) is 28.0 Å². The molecule has 0 saturated carbocycles. The van der Waals surface area contributed by atoms with Crippen molar-refractivity contribution in [2.45, 2.75) is 17.9 Å². The maximum atomic E-state index is 13.3. The number of anilines is 1. The maximum absolute atomic E-state index is 13.3. The normalized spacial score (nSPS) is 12.1. The summed E-state index contributed by atoms with van der Waals surface area (Å²) in [5.41, 5.74) is 1.18. The highest BCUT2D eigenvalue weighted by atomic mass is 35.5. The number of para-hydroxylation sites is 2. The number of hydrogen-bond acceptors (Lipinski definition) is 4. The minimum absolute atomic E-state index is 0.0475. The smallest absolute Gasteiger partial charge is 0.264 e. The van der Waals surface area contributed by atoms with Crippen molar-refractivity contribution in [1.29, 1.82) is 0 Å². The Morgan fingerprint density at radius 3 is 2.26 bits per heavy atom. The number of carbonyl (C=O) groups is 1. The van der Waals surface area contributed by atoms with E-state index in [-0.39, 0.29) is 17.5 Å². The molecule has 0 aliphatic carbocycles. The van der Waals surface area contributed by atoms with Gasteiger partial charge in [0.25, 0.3) is 10.0 Å². The zero-order valence-electron chi connectivity index (χ0n) is 17.2. The second kappa shape index (κ2) is 9.85. The molecule has 0 spiro atoms. The highest BCUT2D eigenvalue weighted by molar-refractivity contribution is 7.92. The summed E-state index contributed by atoms with van der Waals surface area (Å²) in [5, 5.41) is 3.28. The molecule has 1 N–H and O–H groups in total. The third-order valence-electron chi connectivity index (χ3n) is 4.72. The Labute approximate surface area is 187 Å². The largest absolute Gasteiger partial charge is 0.496 e. The van der Waals surface area contributed by atoms with E-state index in [9.17, 15) is 13.2 Å². The lowest BCUT2D eigenvalue weighted by Crippen LogP contribution is -2.41. The standard InChI is InChI=1S/C23H23ClN2O4S/c1-17(21-10-6-7-11-22(21)30-2)25-23(27)16-26(19-8-4-3-5-9-19)31(28,29)20-14-12-18(24)13-15-20/h3-15,17H,16H2,1-2H3,(H,25,27)/t17-/m1/s1. The molecule has 3 rings (SSSR count). The van der Waals surface area contributed by atoms with E-state index >= 15 is 0 Å². The number of ether oxygens (including phenoxy) is 1. The summed E-state index contributed by atoms with van der Waals surface area (Å²) >= 11 is 5.90. The van der Waals surface area contributed by atoms with Gasteiger partial charge in [0.05, 0.1) is 23.7 Å². The van der Waals surface area contributed by atoms with Crippen molar-refractivity contribution in [1.82, 2.24) is 5.32 Å². The summed E-state index contributed by atoms with van der Waals surface area (Å²) < 4.78 is 33.1. The van der Waals surface area contributed by atoms with E-state index in [1.807, 2.05) is 25.1 Å². The number of rotatable bonds is 8. The van der Waals surface area contributed by atoms with Crippen molar-refractivity contribution in [3.8, 4) is 5.75 Å². The predicted octanol–water partition coefficient (Wildman–Crippen LogP) is 4.42. The quantitative estimate of drug-likeness (QED) is 0.542. The molecule has 31 heavy (non-hydrogen) atoms. The summed E-state index contributed by atoms with van der Waals surface area (Å²) in [5.74, 6) is 0.198. The van der Waals surface area contributed by atoms with E-state index in [0.717, 1.165) is 9.87 Å². The SMILES string of the molecule is COc1ccccc1[C@@H](C)NC(=O)CN(c1ccccc1)S(=O)(=O)c1ccc(Cl)cc1. The van der Waals surface area contributed by atoms with Gasteiger partial charge in [0.2, 0.25) is 5.91 Å². The van der Waals surface area contributed by atoms with Crippen LogP contribution < -0.4 is 14.4 Å². The highest BCUT2D eigenvalue weighted by Crippen LogP contribution is 2.26. The first-order chi connectivity index (χ1) is 14.8. The Balaban J connectivity index is 1.87. The second-order valence-corrected chi connectivity index (χ2v) is 9.13. The Bertz CT molecular complexity index is 1140. The van der Waals surface area contributed by atoms with Crippen molar-refractivity contribution in [2.75, 3.05) is 18.0 Å². The fraction of sp³-hybridized carbons (Fsp3) is 0.174. The van der Waals surface area contributed by atoms with Crippen molar-refractivity contribution in [3.63, 3.8) is 0 Å². The Hall–Kier alpha value is -3.03. The minimum atomic E-state index is -3.99. The molecule has 0 heterocycles. The summed E-state index contributed by atoms with van der Waals surface area (Å²) in [4.78, 5) is 12.9. The van der Waals surface area contributed by atoms with Crippen LogP contribution in [0, 0.1) is 0 Å². The Morgan fingerprint density at radius 1 is 1.00 bits per heavy atom. The Kier molecular flexibility index (Phi) is 7.20. The van der Waals surface area contributed by atoms with Crippen molar-refractivity contribution >= 4 is 33.2 Å². The van der Waals surface area contributed by atoms with Crippen LogP contribution in [0.5, 0.6) is 5.75 Å². The molecule has 8 heteroatoms. The van der Waals surface area contributed by atoms with E-state index in [1.165, 1.54) is 24.3 Å². The van der Waals surface area contributed by atoms with Gasteiger partial charge in [0.15, 0.2) is 0 Å². The van der Waals surface area contributed by atoms with E-state index in [4.69, 9.17) is 16.3 Å². The van der Waals surface area contributed by atoms with E-state index < -0.39 is 15.9 Å². The average Bonchev–Trinajstić information content (AvgIpc) is 2.78. The van der Waals surface area contributed by atoms with Crippen LogP contribution in [0.4, 0.5) is 5.69 Å². The van der Waals surface area contributed by atoms with Crippen LogP contribution in [0.15, 0.2) is 83.8 Å². The summed E-state index contributed by atoms with van der Waals surface area (Å²) in [6.45, 7) is 1.44. The molecule has 1 amide bonds. The van der Waals surface area contributed by atoms with Crippen molar-refractivity contribution in [3.05, 3.63) is 89.4 Å². The number of methoxy groups -OCH3 is 1. The van der Waals surface area contributed by atoms with Gasteiger partial charge in [-0.3, -0.25) is 9.10 Å². The molecule has 0 aliphatic rings. The third-order valence-corrected chi connectivity index (χ3v) is 6.76. The second-order valence-electron chi connectivity index (χ2n) is 6.83. The topological polar surface area (TPSA) is 75.7 Å². The molecule has 0 unspecified atom stereocenters. The van der Waals surface area contributed by atoms with Crippen LogP contribution in [-0.2, 0) is 14.8 Å². The van der Waals surface area contributed by atoms with Crippen LogP contribution in [0.2, 0.25) is 5.02 Å². The molecule has 0 aliphatic heterocycles. The van der Waals surface area contributed by atoms with E-state index in [1.54, 1.807) is 43.5 Å². The van der Waals surface area contributed by atoms with Crippen LogP contribution in [0.25, 0.3) is 0 Å². The number of nitrogens with one attached hydrogen (secondary N) is 1. The predicted molar refractivity (Wildman–Crippen MR) is 122 cm³/mol. The fourth-order valence-corrected chi connectivity index (χ4v) is 4.71. The van der Waals surface area contributed by atoms with Crippen LogP contribution >= 0.6 is 11.6 Å². The van der Waals surface area contributed by atoms with Gasteiger partial charge >= 0.3 is 0 Å². The van der Waals surface area contributed by atoms with Gasteiger partial charge in [-0.1, -0.05) is 48.0 Å². The number of halogens is 1. The first-order valence-corrected chi connectivity index (χ1v) is 11.4. The lowest BCUT2D eigenvalue weighted by atomic mass is 10.1. The van der Waals surface area contributed by atoms with E-state index in [0.29, 0.717) is 16.5 Å². The molecule has 3 aromatic rings. The monoisotopic (exact) mass is 458 g/mol. The minimum Gasteiger partial charge on any atom is -0.496 e. The number of sulfonamides is 1. The third kappa shape index (κ3) is 5.37. The summed E-state index contributed by atoms with van der Waals surface area (Å²) in [7, 11) is -2.43. The molecular weight excluding hydrogens is 436 g/mol. The number of nitrogens with zero attached hydrogens (tertiary/aromatic N) is 1. The fourth-order valence-electron chi connectivity index (χ4n) is 3.16. The van der Waals surface area contributed by atoms with Gasteiger partial charge in [-0.25, -0.2) is 8.42 Å². The molecule has 0 radical (unpaired) electrons. The molecular formula is C23H23ClN2O4S. The van der Waals surface area contributed by atoms with Crippen LogP contribution in [0.3, 0.4) is 0 Å². The molecule has 1 atom stereocenters. The molecule has 6 nitrogen and oxygen atoms in total. The number of hydrogen-bond donors (Lipinski definition) is 1. The lowest BCUT2D eigenvalue weighted by Gasteiger charge is -2.25. The Morgan fingerprint density at radius 2 is 1.61 bits per heavy atom. The molecule has 0 saturated heterocycles. The molecule has 0 aromatic heterocycles. The van der Waals surface area contributed by atoms with Gasteiger partial charge in [0, 0.05) is 10.6 Å².